The Labute approximate surface area is 114 Å². The first-order chi connectivity index (χ1) is 9.08. The van der Waals surface area contributed by atoms with E-state index in [0.717, 1.165) is 17.5 Å². The van der Waals surface area contributed by atoms with Crippen LogP contribution in [0.5, 0.6) is 0 Å². The number of hydrogen-bond donors (Lipinski definition) is 2. The molecule has 4 heteroatoms. The number of nitrogens with one attached hydrogen (secondary N) is 1. The van der Waals surface area contributed by atoms with Gasteiger partial charge in [-0.3, -0.25) is 4.79 Å². The zero-order chi connectivity index (χ0) is 13.8. The first-order valence-corrected chi connectivity index (χ1v) is 6.86. The summed E-state index contributed by atoms with van der Waals surface area (Å²) < 4.78 is 0. The average molecular weight is 262 g/mol. The molecule has 19 heavy (non-hydrogen) atoms. The molecule has 0 radical (unpaired) electrons. The number of aliphatic hydroxyl groups excluding tert-OH is 1. The summed E-state index contributed by atoms with van der Waals surface area (Å²) in [5, 5.41) is 13.1. The summed E-state index contributed by atoms with van der Waals surface area (Å²) in [6.07, 6.45) is 0.350. The third-order valence-electron chi connectivity index (χ3n) is 3.38. The molecule has 4 nitrogen and oxygen atoms in total. The Balaban J connectivity index is 1.95. The monoisotopic (exact) mass is 262 g/mol. The second kappa shape index (κ2) is 6.17. The minimum Gasteiger partial charge on any atom is -0.390 e. The predicted octanol–water partition coefficient (Wildman–Crippen LogP) is 1.04. The quantitative estimate of drug-likeness (QED) is 0.834. The van der Waals surface area contributed by atoms with Crippen molar-refractivity contribution in [3.63, 3.8) is 0 Å². The van der Waals surface area contributed by atoms with Gasteiger partial charge in [-0.05, 0) is 18.1 Å². The van der Waals surface area contributed by atoms with E-state index < -0.39 is 6.10 Å². The fourth-order valence-electron chi connectivity index (χ4n) is 2.34. The Morgan fingerprint density at radius 3 is 2.84 bits per heavy atom. The van der Waals surface area contributed by atoms with Crippen LogP contribution in [0.1, 0.15) is 29.8 Å². The normalized spacial score (nSPS) is 16.6. The van der Waals surface area contributed by atoms with Crippen LogP contribution in [-0.2, 0) is 6.42 Å². The number of amides is 1. The lowest BCUT2D eigenvalue weighted by Gasteiger charge is -2.30. The van der Waals surface area contributed by atoms with Gasteiger partial charge in [-0.25, -0.2) is 0 Å². The maximum Gasteiger partial charge on any atom is 0.254 e. The van der Waals surface area contributed by atoms with Crippen LogP contribution < -0.4 is 5.32 Å². The van der Waals surface area contributed by atoms with E-state index in [-0.39, 0.29) is 5.91 Å². The lowest BCUT2D eigenvalue weighted by Crippen LogP contribution is -2.45. The Bertz CT molecular complexity index is 446. The standard InChI is InChI=1S/C15H22N2O2/c1-11(2)16-9-13(18)10-17-8-7-12-5-3-4-6-14(12)15(17)19/h3-6,11,13,16,18H,7-10H2,1-2H3. The van der Waals surface area contributed by atoms with Gasteiger partial charge >= 0.3 is 0 Å². The van der Waals surface area contributed by atoms with E-state index in [2.05, 4.69) is 5.32 Å². The SMILES string of the molecule is CC(C)NCC(O)CN1CCc2ccccc2C1=O. The van der Waals surface area contributed by atoms with Crippen molar-refractivity contribution in [2.24, 2.45) is 0 Å². The third kappa shape index (κ3) is 3.55. The molecule has 1 atom stereocenters. The van der Waals surface area contributed by atoms with Crippen molar-refractivity contribution in [1.82, 2.24) is 10.2 Å². The lowest BCUT2D eigenvalue weighted by molar-refractivity contribution is 0.0602. The minimum atomic E-state index is -0.517. The summed E-state index contributed by atoms with van der Waals surface area (Å²) in [5.41, 5.74) is 1.89. The van der Waals surface area contributed by atoms with Crippen LogP contribution >= 0.6 is 0 Å². The molecule has 0 saturated heterocycles. The van der Waals surface area contributed by atoms with E-state index >= 15 is 0 Å². The lowest BCUT2D eigenvalue weighted by atomic mass is 9.99. The third-order valence-corrected chi connectivity index (χ3v) is 3.38. The molecule has 1 aromatic carbocycles. The highest BCUT2D eigenvalue weighted by Crippen LogP contribution is 2.18. The maximum absolute atomic E-state index is 12.3. The van der Waals surface area contributed by atoms with E-state index in [9.17, 15) is 9.90 Å². The number of fused-ring (bicyclic) bond motifs is 1. The first-order valence-electron chi connectivity index (χ1n) is 6.86. The van der Waals surface area contributed by atoms with Crippen molar-refractivity contribution < 1.29 is 9.90 Å². The van der Waals surface area contributed by atoms with Gasteiger partial charge in [-0.2, -0.15) is 0 Å². The van der Waals surface area contributed by atoms with Gasteiger partial charge in [0.25, 0.3) is 5.91 Å². The summed E-state index contributed by atoms with van der Waals surface area (Å²) in [6, 6.07) is 8.05. The van der Waals surface area contributed by atoms with Crippen LogP contribution in [0.15, 0.2) is 24.3 Å². The summed E-state index contributed by atoms with van der Waals surface area (Å²) >= 11 is 0. The molecule has 1 heterocycles. The molecular weight excluding hydrogens is 240 g/mol. The molecule has 2 rings (SSSR count). The van der Waals surface area contributed by atoms with Gasteiger partial charge in [0.1, 0.15) is 0 Å². The van der Waals surface area contributed by atoms with E-state index in [1.54, 1.807) is 4.90 Å². The van der Waals surface area contributed by atoms with Crippen LogP contribution in [0.3, 0.4) is 0 Å². The summed E-state index contributed by atoms with van der Waals surface area (Å²) in [5.74, 6) is 0.0328. The van der Waals surface area contributed by atoms with Gasteiger partial charge in [0, 0.05) is 31.2 Å². The average Bonchev–Trinajstić information content (AvgIpc) is 2.40. The number of carbonyl (C=O) groups is 1. The van der Waals surface area contributed by atoms with Crippen LogP contribution in [0.2, 0.25) is 0 Å². The fourth-order valence-corrected chi connectivity index (χ4v) is 2.34. The smallest absolute Gasteiger partial charge is 0.254 e. The van der Waals surface area contributed by atoms with Crippen molar-refractivity contribution in [2.75, 3.05) is 19.6 Å². The Kier molecular flexibility index (Phi) is 4.56. The fraction of sp³-hybridized carbons (Fsp3) is 0.533. The highest BCUT2D eigenvalue weighted by atomic mass is 16.3. The number of rotatable bonds is 5. The molecular formula is C15H22N2O2. The van der Waals surface area contributed by atoms with Crippen LogP contribution in [0.25, 0.3) is 0 Å². The number of carbonyl (C=O) groups excluding carboxylic acids is 1. The molecule has 1 amide bonds. The molecule has 1 aliphatic heterocycles. The first kappa shape index (κ1) is 14.0. The van der Waals surface area contributed by atoms with Crippen LogP contribution in [0, 0.1) is 0 Å². The Morgan fingerprint density at radius 1 is 1.37 bits per heavy atom. The topological polar surface area (TPSA) is 52.6 Å². The van der Waals surface area contributed by atoms with Crippen molar-refractivity contribution in [3.05, 3.63) is 35.4 Å². The molecule has 0 saturated carbocycles. The maximum atomic E-state index is 12.3. The molecule has 0 aromatic heterocycles. The molecule has 0 fully saturated rings. The van der Waals surface area contributed by atoms with Gasteiger partial charge in [0.05, 0.1) is 6.10 Å². The van der Waals surface area contributed by atoms with E-state index in [1.165, 1.54) is 0 Å². The van der Waals surface area contributed by atoms with Gasteiger partial charge in [-0.1, -0.05) is 32.0 Å². The highest BCUT2D eigenvalue weighted by Gasteiger charge is 2.25. The van der Waals surface area contributed by atoms with Crippen LogP contribution in [0.4, 0.5) is 0 Å². The van der Waals surface area contributed by atoms with Crippen molar-refractivity contribution in [3.8, 4) is 0 Å². The number of aliphatic hydroxyl groups is 1. The molecule has 0 bridgehead atoms. The molecule has 1 aliphatic rings. The van der Waals surface area contributed by atoms with Gasteiger partial charge in [0.15, 0.2) is 0 Å². The zero-order valence-electron chi connectivity index (χ0n) is 11.6. The Hall–Kier alpha value is -1.39. The number of hydrogen-bond acceptors (Lipinski definition) is 3. The van der Waals surface area contributed by atoms with Crippen molar-refractivity contribution in [2.45, 2.75) is 32.4 Å². The summed E-state index contributed by atoms with van der Waals surface area (Å²) in [4.78, 5) is 14.0. The number of β-amino-alcohol motifs (C(OH)–C–C–N with tert-alkyl or cyclic N) is 1. The molecule has 0 aliphatic carbocycles. The second-order valence-corrected chi connectivity index (χ2v) is 5.38. The van der Waals surface area contributed by atoms with Gasteiger partial charge in [0.2, 0.25) is 0 Å². The summed E-state index contributed by atoms with van der Waals surface area (Å²) in [7, 11) is 0. The van der Waals surface area contributed by atoms with E-state index in [1.807, 2.05) is 38.1 Å². The largest absolute Gasteiger partial charge is 0.390 e. The highest BCUT2D eigenvalue weighted by molar-refractivity contribution is 5.96. The van der Waals surface area contributed by atoms with Gasteiger partial charge in [-0.15, -0.1) is 0 Å². The minimum absolute atomic E-state index is 0.0328. The van der Waals surface area contributed by atoms with Gasteiger partial charge < -0.3 is 15.3 Å². The van der Waals surface area contributed by atoms with Crippen LogP contribution in [-0.4, -0.2) is 47.7 Å². The molecule has 1 aromatic rings. The molecule has 104 valence electrons. The Morgan fingerprint density at radius 2 is 2.11 bits per heavy atom. The molecule has 2 N–H and O–H groups in total. The number of nitrogens with zero attached hydrogens (tertiary/aromatic N) is 1. The van der Waals surface area contributed by atoms with Crippen molar-refractivity contribution >= 4 is 5.91 Å². The van der Waals surface area contributed by atoms with E-state index in [0.29, 0.717) is 25.7 Å². The second-order valence-electron chi connectivity index (χ2n) is 5.38. The molecule has 1 unspecified atom stereocenters. The van der Waals surface area contributed by atoms with E-state index in [4.69, 9.17) is 0 Å². The zero-order valence-corrected chi connectivity index (χ0v) is 11.6. The predicted molar refractivity (Wildman–Crippen MR) is 75.2 cm³/mol. The van der Waals surface area contributed by atoms with Crippen molar-refractivity contribution in [1.29, 1.82) is 0 Å². The number of benzene rings is 1. The summed E-state index contributed by atoms with van der Waals surface area (Å²) in [6.45, 7) is 5.68. The molecule has 0 spiro atoms.